The van der Waals surface area contributed by atoms with Crippen molar-refractivity contribution in [3.63, 3.8) is 0 Å². The summed E-state index contributed by atoms with van der Waals surface area (Å²) >= 11 is 2.27. The predicted molar refractivity (Wildman–Crippen MR) is 132 cm³/mol. The third-order valence-corrected chi connectivity index (χ3v) is 5.65. The van der Waals surface area contributed by atoms with Crippen LogP contribution in [0, 0.1) is 3.57 Å². The van der Waals surface area contributed by atoms with Crippen LogP contribution in [0.15, 0.2) is 35.7 Å². The molecule has 0 bridgehead atoms. The number of nitrogens with zero attached hydrogens (tertiary/aromatic N) is 2. The smallest absolute Gasteiger partial charge is 0.410 e. The van der Waals surface area contributed by atoms with Crippen LogP contribution >= 0.6 is 22.6 Å². The average Bonchev–Trinajstić information content (AvgIpc) is 2.59. The lowest BCUT2D eigenvalue weighted by Gasteiger charge is -2.33. The van der Waals surface area contributed by atoms with Gasteiger partial charge in [0.15, 0.2) is 5.88 Å². The average molecular weight is 545 g/mol. The molecule has 2 rings (SSSR count). The number of piperidine rings is 1. The molecule has 1 aliphatic heterocycles. The number of aliphatic imine (C=N–C) groups is 1. The molecular formula is C22H33IN2O4Si. The second-order valence-electron chi connectivity index (χ2n) is 9.33. The van der Waals surface area contributed by atoms with E-state index in [0.29, 0.717) is 19.0 Å². The summed E-state index contributed by atoms with van der Waals surface area (Å²) in [5.41, 5.74) is 0.403. The first kappa shape index (κ1) is 24.7. The van der Waals surface area contributed by atoms with Gasteiger partial charge >= 0.3 is 6.09 Å². The first-order valence-corrected chi connectivity index (χ1v) is 14.7. The van der Waals surface area contributed by atoms with Crippen molar-refractivity contribution >= 4 is 43.2 Å². The third kappa shape index (κ3) is 8.67. The van der Waals surface area contributed by atoms with Gasteiger partial charge in [0.2, 0.25) is 8.32 Å². The van der Waals surface area contributed by atoms with Gasteiger partial charge in [-0.25, -0.2) is 9.79 Å². The monoisotopic (exact) mass is 544 g/mol. The Morgan fingerprint density at radius 1 is 1.27 bits per heavy atom. The second-order valence-corrected chi connectivity index (χ2v) is 15.0. The number of rotatable bonds is 6. The van der Waals surface area contributed by atoms with E-state index in [1.807, 2.05) is 39.0 Å². The summed E-state index contributed by atoms with van der Waals surface area (Å²) in [5.74, 6) is 1.19. The van der Waals surface area contributed by atoms with Crippen LogP contribution < -0.4 is 4.74 Å². The number of likely N-dealkylation sites (tertiary alicyclic amines) is 1. The van der Waals surface area contributed by atoms with Crippen LogP contribution in [-0.2, 0) is 9.16 Å². The first-order chi connectivity index (χ1) is 13.8. The molecule has 0 atom stereocenters. The van der Waals surface area contributed by atoms with Crippen molar-refractivity contribution in [3.8, 4) is 5.75 Å². The van der Waals surface area contributed by atoms with E-state index in [-0.39, 0.29) is 12.2 Å². The lowest BCUT2D eigenvalue weighted by Crippen LogP contribution is -2.44. The van der Waals surface area contributed by atoms with E-state index in [1.54, 1.807) is 11.1 Å². The molecule has 0 aliphatic carbocycles. The molecule has 1 saturated heterocycles. The molecule has 8 heteroatoms. The molecule has 30 heavy (non-hydrogen) atoms. The summed E-state index contributed by atoms with van der Waals surface area (Å²) in [6.45, 7) is 17.1. The summed E-state index contributed by atoms with van der Waals surface area (Å²) in [7, 11) is -1.74. The van der Waals surface area contributed by atoms with Crippen LogP contribution in [0.2, 0.25) is 19.6 Å². The Bertz CT molecular complexity index is 791. The highest BCUT2D eigenvalue weighted by Gasteiger charge is 2.28. The number of carbonyl (C=O) groups is 1. The van der Waals surface area contributed by atoms with E-state index >= 15 is 0 Å². The normalized spacial score (nSPS) is 15.9. The Morgan fingerprint density at radius 3 is 2.47 bits per heavy atom. The maximum atomic E-state index is 12.2. The lowest BCUT2D eigenvalue weighted by atomic mass is 10.1. The quantitative estimate of drug-likeness (QED) is 0.196. The zero-order valence-electron chi connectivity index (χ0n) is 18.8. The van der Waals surface area contributed by atoms with Crippen LogP contribution in [0.5, 0.6) is 5.75 Å². The van der Waals surface area contributed by atoms with E-state index < -0.39 is 13.9 Å². The molecule has 0 aromatic heterocycles. The SMILES string of the molecule is C=C(N=Cc1cc(I)ccc1OC1CCN(C(=O)OC(C)(C)C)CC1)O[Si](C)(C)C. The number of carbonyl (C=O) groups excluding carboxylic acids is 1. The second kappa shape index (κ2) is 10.2. The van der Waals surface area contributed by atoms with Gasteiger partial charge in [0.25, 0.3) is 0 Å². The minimum absolute atomic E-state index is 0.0392. The van der Waals surface area contributed by atoms with Gasteiger partial charge in [-0.15, -0.1) is 0 Å². The fourth-order valence-electron chi connectivity index (χ4n) is 2.91. The van der Waals surface area contributed by atoms with Gasteiger partial charge in [-0.05, 0) is 87.8 Å². The molecule has 0 saturated carbocycles. The summed E-state index contributed by atoms with van der Waals surface area (Å²) in [5, 5.41) is 0. The van der Waals surface area contributed by atoms with E-state index in [0.717, 1.165) is 27.7 Å². The van der Waals surface area contributed by atoms with Crippen molar-refractivity contribution in [1.82, 2.24) is 4.90 Å². The number of ether oxygens (including phenoxy) is 2. The van der Waals surface area contributed by atoms with E-state index in [4.69, 9.17) is 13.9 Å². The van der Waals surface area contributed by atoms with Gasteiger partial charge < -0.3 is 18.8 Å². The van der Waals surface area contributed by atoms with Crippen molar-refractivity contribution in [2.24, 2.45) is 4.99 Å². The third-order valence-electron chi connectivity index (χ3n) is 4.13. The highest BCUT2D eigenvalue weighted by Crippen LogP contribution is 2.25. The van der Waals surface area contributed by atoms with Crippen molar-refractivity contribution in [1.29, 1.82) is 0 Å². The van der Waals surface area contributed by atoms with Gasteiger partial charge in [0.1, 0.15) is 17.5 Å². The Hall–Kier alpha value is -1.55. The minimum Gasteiger partial charge on any atom is -0.532 e. The number of halogens is 1. The summed E-state index contributed by atoms with van der Waals surface area (Å²) < 4.78 is 18.6. The largest absolute Gasteiger partial charge is 0.532 e. The molecule has 166 valence electrons. The molecule has 6 nitrogen and oxygen atoms in total. The molecule has 1 aromatic rings. The van der Waals surface area contributed by atoms with Crippen molar-refractivity contribution in [2.45, 2.75) is 65.0 Å². The van der Waals surface area contributed by atoms with Gasteiger partial charge in [-0.2, -0.15) is 0 Å². The molecule has 0 spiro atoms. The van der Waals surface area contributed by atoms with Crippen molar-refractivity contribution in [2.75, 3.05) is 13.1 Å². The van der Waals surface area contributed by atoms with Gasteiger partial charge in [-0.3, -0.25) is 0 Å². The molecule has 1 aromatic carbocycles. The summed E-state index contributed by atoms with van der Waals surface area (Å²) in [6.07, 6.45) is 3.04. The molecule has 0 unspecified atom stereocenters. The molecule has 1 heterocycles. The molecule has 1 aliphatic rings. The molecular weight excluding hydrogens is 511 g/mol. The number of hydrogen-bond acceptors (Lipinski definition) is 5. The van der Waals surface area contributed by atoms with Crippen LogP contribution in [-0.4, -0.2) is 50.3 Å². The number of hydrogen-bond donors (Lipinski definition) is 0. The van der Waals surface area contributed by atoms with Gasteiger partial charge in [0.05, 0.1) is 0 Å². The summed E-state index contributed by atoms with van der Waals surface area (Å²) in [6, 6.07) is 6.00. The maximum absolute atomic E-state index is 12.2. The Balaban J connectivity index is 1.99. The van der Waals surface area contributed by atoms with Crippen molar-refractivity contribution < 1.29 is 18.7 Å². The first-order valence-electron chi connectivity index (χ1n) is 10.2. The van der Waals surface area contributed by atoms with E-state index in [2.05, 4.69) is 53.8 Å². The Labute approximate surface area is 194 Å². The highest BCUT2D eigenvalue weighted by atomic mass is 127. The topological polar surface area (TPSA) is 60.4 Å². The summed E-state index contributed by atoms with van der Waals surface area (Å²) in [4.78, 5) is 18.4. The lowest BCUT2D eigenvalue weighted by molar-refractivity contribution is 0.0126. The van der Waals surface area contributed by atoms with Crippen LogP contribution in [0.3, 0.4) is 0 Å². The molecule has 0 N–H and O–H groups in total. The number of amides is 1. The molecule has 1 fully saturated rings. The standard InChI is InChI=1S/C22H33IN2O4Si/c1-16(29-30(5,6)7)24-15-17-14-18(23)8-9-20(17)27-19-10-12-25(13-11-19)21(26)28-22(2,3)4/h8-9,14-15,19H,1,10-13H2,2-7H3. The zero-order chi connectivity index (χ0) is 22.5. The van der Waals surface area contributed by atoms with E-state index in [1.165, 1.54) is 0 Å². The van der Waals surface area contributed by atoms with Gasteiger partial charge in [-0.1, -0.05) is 0 Å². The fourth-order valence-corrected chi connectivity index (χ4v) is 4.19. The minimum atomic E-state index is -1.74. The predicted octanol–water partition coefficient (Wildman–Crippen LogP) is 5.81. The van der Waals surface area contributed by atoms with Crippen LogP contribution in [0.1, 0.15) is 39.2 Å². The molecule has 1 amide bonds. The molecule has 0 radical (unpaired) electrons. The Kier molecular flexibility index (Phi) is 8.38. The Morgan fingerprint density at radius 2 is 1.90 bits per heavy atom. The van der Waals surface area contributed by atoms with Crippen molar-refractivity contribution in [3.05, 3.63) is 39.8 Å². The number of benzene rings is 1. The van der Waals surface area contributed by atoms with Gasteiger partial charge in [0, 0.05) is 41.3 Å². The maximum Gasteiger partial charge on any atom is 0.410 e. The van der Waals surface area contributed by atoms with E-state index in [9.17, 15) is 4.79 Å². The zero-order valence-corrected chi connectivity index (χ0v) is 22.0. The highest BCUT2D eigenvalue weighted by molar-refractivity contribution is 14.1. The van der Waals surface area contributed by atoms with Crippen LogP contribution in [0.4, 0.5) is 4.79 Å². The van der Waals surface area contributed by atoms with Crippen LogP contribution in [0.25, 0.3) is 0 Å². The fraction of sp³-hybridized carbons (Fsp3) is 0.545.